The number of esters is 2. The van der Waals surface area contributed by atoms with E-state index in [1.807, 2.05) is 30.3 Å². The molecule has 0 bridgehead atoms. The molecule has 0 radical (unpaired) electrons. The minimum Gasteiger partial charge on any atom is -0.421 e. The maximum Gasteiger partial charge on any atom is 0.343 e. The van der Waals surface area contributed by atoms with Gasteiger partial charge in [0, 0.05) is 10.6 Å². The van der Waals surface area contributed by atoms with Gasteiger partial charge in [0.1, 0.15) is 11.5 Å². The van der Waals surface area contributed by atoms with Crippen molar-refractivity contribution < 1.29 is 19.1 Å². The number of halogens is 1. The van der Waals surface area contributed by atoms with E-state index < -0.39 is 11.9 Å². The van der Waals surface area contributed by atoms with Crippen molar-refractivity contribution >= 4 is 29.1 Å². The first-order valence-electron chi connectivity index (χ1n) is 11.1. The number of allylic oxidation sites excluding steroid dienone is 4. The van der Waals surface area contributed by atoms with Gasteiger partial charge < -0.3 is 9.47 Å². The van der Waals surface area contributed by atoms with Crippen molar-refractivity contribution in [3.8, 4) is 22.8 Å². The van der Waals surface area contributed by atoms with Crippen molar-refractivity contribution in [2.24, 2.45) is 0 Å². The Morgan fingerprint density at radius 1 is 0.784 bits per heavy atom. The molecule has 4 aromatic rings. The number of aromatic nitrogens is 2. The molecule has 0 aliphatic carbocycles. The van der Waals surface area contributed by atoms with Crippen LogP contribution in [0.4, 0.5) is 0 Å². The molecule has 0 saturated carbocycles. The molecule has 6 nitrogen and oxygen atoms in total. The third-order valence-electron chi connectivity index (χ3n) is 5.15. The molecule has 2 aromatic heterocycles. The first kappa shape index (κ1) is 25.3. The van der Waals surface area contributed by atoms with Gasteiger partial charge in [0.15, 0.2) is 0 Å². The molecular weight excluding hydrogens is 488 g/mol. The summed E-state index contributed by atoms with van der Waals surface area (Å²) in [5.74, 6) is -0.915. The van der Waals surface area contributed by atoms with Gasteiger partial charge in [-0.05, 0) is 48.0 Å². The van der Waals surface area contributed by atoms with Gasteiger partial charge in [0.25, 0.3) is 0 Å². The van der Waals surface area contributed by atoms with Crippen LogP contribution in [0.15, 0.2) is 117 Å². The second kappa shape index (κ2) is 11.7. The average molecular weight is 509 g/mol. The molecule has 7 heteroatoms. The summed E-state index contributed by atoms with van der Waals surface area (Å²) in [6.07, 6.45) is 7.92. The molecular formula is C30H21ClN2O4. The van der Waals surface area contributed by atoms with Crippen molar-refractivity contribution in [2.75, 3.05) is 0 Å². The smallest absolute Gasteiger partial charge is 0.343 e. The lowest BCUT2D eigenvalue weighted by Crippen LogP contribution is -2.13. The summed E-state index contributed by atoms with van der Waals surface area (Å²) >= 11 is 6.17. The fourth-order valence-corrected chi connectivity index (χ4v) is 3.61. The van der Waals surface area contributed by atoms with Gasteiger partial charge in [-0.15, -0.1) is 0 Å². The fraction of sp³-hybridized carbons (Fsp3) is 0. The first-order chi connectivity index (χ1) is 18.0. The average Bonchev–Trinajstić information content (AvgIpc) is 2.93. The highest BCUT2D eigenvalue weighted by atomic mass is 35.5. The molecule has 2 aromatic carbocycles. The summed E-state index contributed by atoms with van der Waals surface area (Å²) < 4.78 is 10.8. The molecule has 4 rings (SSSR count). The van der Waals surface area contributed by atoms with Gasteiger partial charge >= 0.3 is 11.9 Å². The number of carbonyl (C=O) groups is 2. The van der Waals surface area contributed by atoms with Crippen LogP contribution in [-0.4, -0.2) is 21.9 Å². The van der Waals surface area contributed by atoms with E-state index in [9.17, 15) is 9.59 Å². The molecule has 0 aliphatic heterocycles. The van der Waals surface area contributed by atoms with E-state index in [1.54, 1.807) is 42.5 Å². The summed E-state index contributed by atoms with van der Waals surface area (Å²) in [5, 5.41) is 0.178. The normalized spacial score (nSPS) is 10.9. The second-order valence-corrected chi connectivity index (χ2v) is 8.13. The second-order valence-electron chi connectivity index (χ2n) is 7.69. The van der Waals surface area contributed by atoms with Crippen LogP contribution in [0, 0.1) is 0 Å². The Hall–Kier alpha value is -4.81. The molecule has 182 valence electrons. The van der Waals surface area contributed by atoms with E-state index in [0.717, 1.165) is 16.8 Å². The molecule has 37 heavy (non-hydrogen) atoms. The summed E-state index contributed by atoms with van der Waals surface area (Å²) in [6, 6.07) is 20.5. The van der Waals surface area contributed by atoms with Gasteiger partial charge in [-0.2, -0.15) is 0 Å². The van der Waals surface area contributed by atoms with Gasteiger partial charge in [0.05, 0.1) is 34.9 Å². The zero-order valence-corrected chi connectivity index (χ0v) is 20.4. The van der Waals surface area contributed by atoms with Crippen LogP contribution in [0.3, 0.4) is 0 Å². The Morgan fingerprint density at radius 2 is 1.41 bits per heavy atom. The Bertz CT molecular complexity index is 1480. The lowest BCUT2D eigenvalue weighted by atomic mass is 10.1. The highest BCUT2D eigenvalue weighted by Gasteiger charge is 2.17. The van der Waals surface area contributed by atoms with Crippen molar-refractivity contribution in [2.45, 2.75) is 0 Å². The molecule has 0 N–H and O–H groups in total. The maximum atomic E-state index is 12.7. The number of pyridine rings is 2. The molecule has 0 atom stereocenters. The molecule has 0 spiro atoms. The Kier molecular flexibility index (Phi) is 8.03. The van der Waals surface area contributed by atoms with Crippen molar-refractivity contribution in [1.82, 2.24) is 9.97 Å². The number of hydrogen-bond acceptors (Lipinski definition) is 6. The number of hydrogen-bond donors (Lipinski definition) is 0. The number of ether oxygens (including phenoxy) is 2. The monoisotopic (exact) mass is 508 g/mol. The van der Waals surface area contributed by atoms with Crippen molar-refractivity contribution in [3.63, 3.8) is 0 Å². The number of benzene rings is 2. The Balaban J connectivity index is 1.46. The summed E-state index contributed by atoms with van der Waals surface area (Å²) in [4.78, 5) is 34.1. The van der Waals surface area contributed by atoms with Crippen LogP contribution >= 0.6 is 11.6 Å². The topological polar surface area (TPSA) is 78.4 Å². The molecule has 0 amide bonds. The van der Waals surface area contributed by atoms with Crippen LogP contribution in [0.1, 0.15) is 26.4 Å². The fourth-order valence-electron chi connectivity index (χ4n) is 3.37. The lowest BCUT2D eigenvalue weighted by Gasteiger charge is -2.09. The number of nitrogens with zero attached hydrogens (tertiary/aromatic N) is 2. The zero-order chi connectivity index (χ0) is 26.2. The minimum atomic E-state index is -0.703. The molecule has 2 heterocycles. The van der Waals surface area contributed by atoms with E-state index in [0.29, 0.717) is 5.69 Å². The highest BCUT2D eigenvalue weighted by molar-refractivity contribution is 6.31. The predicted octanol–water partition coefficient (Wildman–Crippen LogP) is 6.99. The minimum absolute atomic E-state index is 0.0828. The lowest BCUT2D eigenvalue weighted by molar-refractivity contribution is 0.0734. The Labute approximate surface area is 219 Å². The van der Waals surface area contributed by atoms with Crippen molar-refractivity contribution in [1.29, 1.82) is 0 Å². The third kappa shape index (κ3) is 6.45. The third-order valence-corrected chi connectivity index (χ3v) is 5.36. The Morgan fingerprint density at radius 3 is 1.92 bits per heavy atom. The van der Waals surface area contributed by atoms with Crippen LogP contribution in [0.2, 0.25) is 5.02 Å². The van der Waals surface area contributed by atoms with Crippen LogP contribution in [0.5, 0.6) is 11.5 Å². The molecule has 0 unspecified atom stereocenters. The number of rotatable bonds is 8. The molecule has 0 aliphatic rings. The standard InChI is InChI=1S/C30H21ClN2O4/c1-3-8-20(4-2)27-13-11-25(18-32-27)36-29(34)22-15-23(17-24(31)16-22)30(35)37-26-12-14-28(33-19-26)21-9-6-5-7-10-21/h3-19H,1-2H2/b20-8+. The van der Waals surface area contributed by atoms with Crippen LogP contribution < -0.4 is 9.47 Å². The van der Waals surface area contributed by atoms with Crippen molar-refractivity contribution in [3.05, 3.63) is 138 Å². The summed E-state index contributed by atoms with van der Waals surface area (Å²) in [5.41, 5.74) is 3.28. The van der Waals surface area contributed by atoms with E-state index >= 15 is 0 Å². The zero-order valence-electron chi connectivity index (χ0n) is 19.6. The quantitative estimate of drug-likeness (QED) is 0.188. The SMILES string of the molecule is C=C/C=C(\C=C)c1ccc(OC(=O)c2cc(Cl)cc(C(=O)Oc3ccc(-c4ccccc4)nc3)c2)cn1. The van der Waals surface area contributed by atoms with Gasteiger partial charge in [0.2, 0.25) is 0 Å². The van der Waals surface area contributed by atoms with E-state index in [-0.39, 0.29) is 27.6 Å². The molecule has 0 fully saturated rings. The maximum absolute atomic E-state index is 12.7. The van der Waals surface area contributed by atoms with Gasteiger partial charge in [-0.1, -0.05) is 73.3 Å². The van der Waals surface area contributed by atoms with Crippen LogP contribution in [-0.2, 0) is 0 Å². The largest absolute Gasteiger partial charge is 0.421 e. The first-order valence-corrected chi connectivity index (χ1v) is 11.5. The van der Waals surface area contributed by atoms with E-state index in [2.05, 4.69) is 23.1 Å². The number of carbonyl (C=O) groups excluding carboxylic acids is 2. The molecule has 0 saturated heterocycles. The van der Waals surface area contributed by atoms with Gasteiger partial charge in [-0.25, -0.2) is 9.59 Å². The van der Waals surface area contributed by atoms with E-state index in [4.69, 9.17) is 21.1 Å². The predicted molar refractivity (Wildman–Crippen MR) is 144 cm³/mol. The summed E-state index contributed by atoms with van der Waals surface area (Å²) in [7, 11) is 0. The highest BCUT2D eigenvalue weighted by Crippen LogP contribution is 2.23. The summed E-state index contributed by atoms with van der Waals surface area (Å²) in [6.45, 7) is 7.41. The van der Waals surface area contributed by atoms with Crippen LogP contribution in [0.25, 0.3) is 16.8 Å². The van der Waals surface area contributed by atoms with E-state index in [1.165, 1.54) is 30.6 Å². The van der Waals surface area contributed by atoms with Gasteiger partial charge in [-0.3, -0.25) is 9.97 Å².